The molecule has 0 radical (unpaired) electrons. The van der Waals surface area contributed by atoms with E-state index in [4.69, 9.17) is 0 Å². The summed E-state index contributed by atoms with van der Waals surface area (Å²) < 4.78 is 51.0. The Hall–Kier alpha value is -2.11. The van der Waals surface area contributed by atoms with E-state index in [2.05, 4.69) is 10.3 Å². The highest BCUT2D eigenvalue weighted by Crippen LogP contribution is 2.36. The van der Waals surface area contributed by atoms with Crippen molar-refractivity contribution in [3.63, 3.8) is 0 Å². The van der Waals surface area contributed by atoms with Crippen molar-refractivity contribution in [1.82, 2.24) is 4.98 Å². The molecule has 0 saturated carbocycles. The highest BCUT2D eigenvalue weighted by Gasteiger charge is 2.34. The minimum Gasteiger partial charge on any atom is -0.354 e. The minimum atomic E-state index is -4.62. The Morgan fingerprint density at radius 1 is 1.11 bits per heavy atom. The third-order valence-corrected chi connectivity index (χ3v) is 2.23. The Morgan fingerprint density at radius 3 is 2.50 bits per heavy atom. The molecule has 2 rings (SSSR count). The lowest BCUT2D eigenvalue weighted by molar-refractivity contribution is -0.137. The maximum absolute atomic E-state index is 12.9. The summed E-state index contributed by atoms with van der Waals surface area (Å²) in [6.07, 6.45) is -1.74. The zero-order chi connectivity index (χ0) is 13.2. The molecule has 0 amide bonds. The molecule has 2 nitrogen and oxygen atoms in total. The van der Waals surface area contributed by atoms with Crippen LogP contribution in [-0.2, 0) is 6.18 Å². The standard InChI is InChI=1S/C12H8F4N2/c13-8-3-4-11(10(6-8)12(14,15)16)18-9-2-1-5-17-7-9/h1-7,18H. The Labute approximate surface area is 100 Å². The Bertz CT molecular complexity index is 538. The van der Waals surface area contributed by atoms with Crippen LogP contribution in [0.1, 0.15) is 5.56 Å². The van der Waals surface area contributed by atoms with Crippen molar-refractivity contribution < 1.29 is 17.6 Å². The van der Waals surface area contributed by atoms with Gasteiger partial charge in [0.2, 0.25) is 0 Å². The number of aromatic nitrogens is 1. The van der Waals surface area contributed by atoms with Crippen molar-refractivity contribution in [3.05, 3.63) is 54.1 Å². The van der Waals surface area contributed by atoms with Gasteiger partial charge in [-0.3, -0.25) is 4.98 Å². The van der Waals surface area contributed by atoms with Gasteiger partial charge in [-0.25, -0.2) is 4.39 Å². The molecule has 2 aromatic rings. The first kappa shape index (κ1) is 12.3. The smallest absolute Gasteiger partial charge is 0.354 e. The van der Waals surface area contributed by atoms with Crippen LogP contribution >= 0.6 is 0 Å². The van der Waals surface area contributed by atoms with E-state index in [0.717, 1.165) is 12.1 Å². The van der Waals surface area contributed by atoms with E-state index in [9.17, 15) is 17.6 Å². The number of hydrogen-bond donors (Lipinski definition) is 1. The number of benzene rings is 1. The van der Waals surface area contributed by atoms with Crippen molar-refractivity contribution in [2.45, 2.75) is 6.18 Å². The Kier molecular flexibility index (Phi) is 3.18. The molecule has 1 heterocycles. The van der Waals surface area contributed by atoms with E-state index in [1.807, 2.05) is 0 Å². The maximum Gasteiger partial charge on any atom is 0.418 e. The van der Waals surface area contributed by atoms with Gasteiger partial charge in [-0.15, -0.1) is 0 Å². The highest BCUT2D eigenvalue weighted by atomic mass is 19.4. The molecule has 0 fully saturated rings. The van der Waals surface area contributed by atoms with Crippen LogP contribution in [0.2, 0.25) is 0 Å². The second kappa shape index (κ2) is 4.64. The fraction of sp³-hybridized carbons (Fsp3) is 0.0833. The largest absolute Gasteiger partial charge is 0.418 e. The normalized spacial score (nSPS) is 11.3. The third-order valence-electron chi connectivity index (χ3n) is 2.23. The van der Waals surface area contributed by atoms with Crippen molar-refractivity contribution >= 4 is 11.4 Å². The first-order valence-corrected chi connectivity index (χ1v) is 5.00. The van der Waals surface area contributed by atoms with Gasteiger partial charge in [0.25, 0.3) is 0 Å². The summed E-state index contributed by atoms with van der Waals surface area (Å²) in [5, 5.41) is 2.56. The fourth-order valence-electron chi connectivity index (χ4n) is 1.45. The fourth-order valence-corrected chi connectivity index (χ4v) is 1.45. The van der Waals surface area contributed by atoms with Crippen LogP contribution in [0.4, 0.5) is 28.9 Å². The molecule has 1 aromatic carbocycles. The van der Waals surface area contributed by atoms with Gasteiger partial charge in [-0.1, -0.05) is 0 Å². The number of nitrogens with one attached hydrogen (secondary N) is 1. The maximum atomic E-state index is 12.9. The van der Waals surface area contributed by atoms with E-state index in [-0.39, 0.29) is 5.69 Å². The summed E-state index contributed by atoms with van der Waals surface area (Å²) in [6, 6.07) is 5.62. The van der Waals surface area contributed by atoms with Crippen molar-refractivity contribution in [2.75, 3.05) is 5.32 Å². The van der Waals surface area contributed by atoms with Crippen LogP contribution < -0.4 is 5.32 Å². The van der Waals surface area contributed by atoms with Gasteiger partial charge in [0.1, 0.15) is 5.82 Å². The van der Waals surface area contributed by atoms with Crippen LogP contribution in [-0.4, -0.2) is 4.98 Å². The van der Waals surface area contributed by atoms with Crippen LogP contribution in [0.3, 0.4) is 0 Å². The molecule has 0 aliphatic carbocycles. The second-order valence-electron chi connectivity index (χ2n) is 3.55. The lowest BCUT2D eigenvalue weighted by Crippen LogP contribution is -2.09. The molecular weight excluding hydrogens is 248 g/mol. The predicted molar refractivity (Wildman–Crippen MR) is 58.9 cm³/mol. The topological polar surface area (TPSA) is 24.9 Å². The molecular formula is C12H8F4N2. The number of halogens is 4. The van der Waals surface area contributed by atoms with Crippen molar-refractivity contribution in [1.29, 1.82) is 0 Å². The molecule has 1 aromatic heterocycles. The number of pyridine rings is 1. The van der Waals surface area contributed by atoms with E-state index < -0.39 is 17.6 Å². The van der Waals surface area contributed by atoms with Crippen LogP contribution in [0.15, 0.2) is 42.7 Å². The molecule has 0 aliphatic rings. The van der Waals surface area contributed by atoms with E-state index in [0.29, 0.717) is 11.8 Å². The number of alkyl halides is 3. The second-order valence-corrected chi connectivity index (χ2v) is 3.55. The molecule has 94 valence electrons. The molecule has 0 saturated heterocycles. The predicted octanol–water partition coefficient (Wildman–Crippen LogP) is 3.98. The van der Waals surface area contributed by atoms with Gasteiger partial charge in [0.15, 0.2) is 0 Å². The van der Waals surface area contributed by atoms with E-state index in [1.165, 1.54) is 12.4 Å². The number of rotatable bonds is 2. The first-order chi connectivity index (χ1) is 8.47. The lowest BCUT2D eigenvalue weighted by Gasteiger charge is -2.14. The summed E-state index contributed by atoms with van der Waals surface area (Å²) in [6.45, 7) is 0. The van der Waals surface area contributed by atoms with Gasteiger partial charge in [0.05, 0.1) is 23.1 Å². The minimum absolute atomic E-state index is 0.211. The molecule has 0 bridgehead atoms. The first-order valence-electron chi connectivity index (χ1n) is 5.00. The SMILES string of the molecule is Fc1ccc(Nc2cccnc2)c(C(F)(F)F)c1. The Balaban J connectivity index is 2.39. The monoisotopic (exact) mass is 256 g/mol. The summed E-state index contributed by atoms with van der Waals surface area (Å²) in [5.74, 6) is -0.931. The summed E-state index contributed by atoms with van der Waals surface area (Å²) in [7, 11) is 0. The van der Waals surface area contributed by atoms with Crippen molar-refractivity contribution in [2.24, 2.45) is 0 Å². The van der Waals surface area contributed by atoms with Crippen LogP contribution in [0.5, 0.6) is 0 Å². The van der Waals surface area contributed by atoms with E-state index in [1.54, 1.807) is 12.1 Å². The number of hydrogen-bond acceptors (Lipinski definition) is 2. The van der Waals surface area contributed by atoms with Gasteiger partial charge < -0.3 is 5.32 Å². The molecule has 1 N–H and O–H groups in total. The molecule has 0 unspecified atom stereocenters. The lowest BCUT2D eigenvalue weighted by atomic mass is 10.1. The van der Waals surface area contributed by atoms with Crippen LogP contribution in [0, 0.1) is 5.82 Å². The summed E-state index contributed by atoms with van der Waals surface area (Å²) >= 11 is 0. The average Bonchev–Trinajstić information content (AvgIpc) is 2.31. The summed E-state index contributed by atoms with van der Waals surface area (Å²) in [4.78, 5) is 3.77. The molecule has 0 aliphatic heterocycles. The van der Waals surface area contributed by atoms with Gasteiger partial charge >= 0.3 is 6.18 Å². The molecule has 0 spiro atoms. The van der Waals surface area contributed by atoms with Crippen LogP contribution in [0.25, 0.3) is 0 Å². The zero-order valence-corrected chi connectivity index (χ0v) is 9.00. The average molecular weight is 256 g/mol. The number of anilines is 2. The molecule has 18 heavy (non-hydrogen) atoms. The summed E-state index contributed by atoms with van der Waals surface area (Å²) in [5.41, 5.74) is -0.863. The van der Waals surface area contributed by atoms with Crippen molar-refractivity contribution in [3.8, 4) is 0 Å². The molecule has 0 atom stereocenters. The van der Waals surface area contributed by atoms with Gasteiger partial charge in [0, 0.05) is 6.20 Å². The third kappa shape index (κ3) is 2.77. The Morgan fingerprint density at radius 2 is 1.89 bits per heavy atom. The van der Waals surface area contributed by atoms with Gasteiger partial charge in [-0.05, 0) is 30.3 Å². The number of nitrogens with zero attached hydrogens (tertiary/aromatic N) is 1. The molecule has 6 heteroatoms. The van der Waals surface area contributed by atoms with E-state index >= 15 is 0 Å². The quantitative estimate of drug-likeness (QED) is 0.822. The zero-order valence-electron chi connectivity index (χ0n) is 9.00. The van der Waals surface area contributed by atoms with Gasteiger partial charge in [-0.2, -0.15) is 13.2 Å². The highest BCUT2D eigenvalue weighted by molar-refractivity contribution is 5.63.